The Morgan fingerprint density at radius 2 is 1.11 bits per heavy atom. The van der Waals surface area contributed by atoms with Crippen LogP contribution in [0.4, 0.5) is 17.1 Å². The fourth-order valence-electron chi connectivity index (χ4n) is 9.83. The fourth-order valence-corrected chi connectivity index (χ4v) is 9.83. The molecule has 3 nitrogen and oxygen atoms in total. The van der Waals surface area contributed by atoms with Crippen LogP contribution in [-0.2, 0) is 10.8 Å². The smallest absolute Gasteiger partial charge is 0.156 e. The van der Waals surface area contributed by atoms with Crippen molar-refractivity contribution in [2.75, 3.05) is 4.90 Å². The molecule has 2 heterocycles. The molecule has 4 aliphatic rings. The van der Waals surface area contributed by atoms with Crippen molar-refractivity contribution in [2.24, 2.45) is 0 Å². The first-order valence-corrected chi connectivity index (χ1v) is 19.3. The van der Waals surface area contributed by atoms with E-state index in [9.17, 15) is 0 Å². The minimum absolute atomic E-state index is 0.0753. The predicted molar refractivity (Wildman–Crippen MR) is 223 cm³/mol. The maximum atomic E-state index is 7.22. The van der Waals surface area contributed by atoms with Crippen LogP contribution in [0, 0.1) is 0 Å². The van der Waals surface area contributed by atoms with Gasteiger partial charge in [0.1, 0.15) is 17.2 Å². The first-order valence-electron chi connectivity index (χ1n) is 19.3. The van der Waals surface area contributed by atoms with Gasteiger partial charge in [-0.05, 0) is 89.2 Å². The summed E-state index contributed by atoms with van der Waals surface area (Å²) in [5.74, 6) is 3.38. The molecule has 0 unspecified atom stereocenters. The summed E-state index contributed by atoms with van der Waals surface area (Å²) in [6.07, 6.45) is 6.86. The molecule has 1 spiro atoms. The van der Waals surface area contributed by atoms with E-state index in [0.29, 0.717) is 0 Å². The van der Waals surface area contributed by atoms with Crippen LogP contribution in [0.5, 0.6) is 23.0 Å². The number of para-hydroxylation sites is 4. The van der Waals surface area contributed by atoms with Crippen LogP contribution in [-0.4, -0.2) is 0 Å². The van der Waals surface area contributed by atoms with Gasteiger partial charge in [-0.25, -0.2) is 0 Å². The van der Waals surface area contributed by atoms with Gasteiger partial charge in [-0.15, -0.1) is 0 Å². The highest BCUT2D eigenvalue weighted by atomic mass is 16.5. The molecule has 7 aromatic carbocycles. The van der Waals surface area contributed by atoms with Crippen molar-refractivity contribution in [3.8, 4) is 34.1 Å². The van der Waals surface area contributed by atoms with Gasteiger partial charge < -0.3 is 14.4 Å². The third-order valence-electron chi connectivity index (χ3n) is 12.3. The number of nitrogens with zero attached hydrogens (tertiary/aromatic N) is 1. The highest BCUT2D eigenvalue weighted by Crippen LogP contribution is 2.63. The van der Waals surface area contributed by atoms with Gasteiger partial charge in [-0.2, -0.15) is 0 Å². The van der Waals surface area contributed by atoms with Crippen LogP contribution >= 0.6 is 0 Å². The molecule has 264 valence electrons. The van der Waals surface area contributed by atoms with Gasteiger partial charge in [-0.1, -0.05) is 147 Å². The van der Waals surface area contributed by atoms with Gasteiger partial charge >= 0.3 is 0 Å². The Hall–Kier alpha value is -6.58. The summed E-state index contributed by atoms with van der Waals surface area (Å²) in [7, 11) is 0. The summed E-state index contributed by atoms with van der Waals surface area (Å²) in [6, 6.07) is 58.8. The number of benzene rings is 7. The zero-order valence-electron chi connectivity index (χ0n) is 30.9. The predicted octanol–water partition coefficient (Wildman–Crippen LogP) is 13.8. The minimum atomic E-state index is -0.682. The second-order valence-corrected chi connectivity index (χ2v) is 15.5. The standard InChI is InChI=1S/C52H39NO2/c1-51(2)40-21-7-6-20-38(40)39-31-30-37(33-45(39)51)53(36-19-14-18-35(32-36)34-16-4-3-5-17-34)46-26-15-25-44-50(46)55-49-29-13-10-24-43(49)52(44)41-22-8-11-27-47(41)54-48-28-12-9-23-42(48)52/h3-6,8-20,22-33H,7,21H2,1-2H3. The van der Waals surface area contributed by atoms with E-state index in [2.05, 4.69) is 195 Å². The van der Waals surface area contributed by atoms with Crippen molar-refractivity contribution in [3.63, 3.8) is 0 Å². The Kier molecular flexibility index (Phi) is 6.94. The second kappa shape index (κ2) is 12.0. The number of ether oxygens (including phenoxy) is 2. The van der Waals surface area contributed by atoms with E-state index in [1.165, 1.54) is 27.8 Å². The molecule has 7 aromatic rings. The largest absolute Gasteiger partial charge is 0.457 e. The van der Waals surface area contributed by atoms with Crippen molar-refractivity contribution in [2.45, 2.75) is 37.5 Å². The second-order valence-electron chi connectivity index (χ2n) is 15.5. The summed E-state index contributed by atoms with van der Waals surface area (Å²) < 4.78 is 13.9. The molecule has 0 bridgehead atoms. The van der Waals surface area contributed by atoms with Crippen molar-refractivity contribution in [3.05, 3.63) is 215 Å². The Morgan fingerprint density at radius 1 is 0.509 bits per heavy atom. The van der Waals surface area contributed by atoms with E-state index in [1.807, 2.05) is 0 Å². The van der Waals surface area contributed by atoms with E-state index in [1.54, 1.807) is 0 Å². The number of allylic oxidation sites excluding steroid dienone is 4. The van der Waals surface area contributed by atoms with Gasteiger partial charge in [-0.3, -0.25) is 0 Å². The molecule has 0 saturated carbocycles. The Labute approximate surface area is 322 Å². The van der Waals surface area contributed by atoms with Gasteiger partial charge in [0.2, 0.25) is 0 Å². The number of hydrogen-bond acceptors (Lipinski definition) is 3. The lowest BCUT2D eigenvalue weighted by Gasteiger charge is -2.45. The van der Waals surface area contributed by atoms with Crippen LogP contribution in [0.25, 0.3) is 16.7 Å². The van der Waals surface area contributed by atoms with E-state index in [0.717, 1.165) is 80.7 Å². The molecule has 0 saturated heterocycles. The Bertz CT molecular complexity index is 2690. The van der Waals surface area contributed by atoms with Crippen molar-refractivity contribution in [1.29, 1.82) is 0 Å². The molecular weight excluding hydrogens is 671 g/mol. The Morgan fingerprint density at radius 3 is 1.84 bits per heavy atom. The molecular formula is C52H39NO2. The highest BCUT2D eigenvalue weighted by Gasteiger charge is 2.51. The van der Waals surface area contributed by atoms with E-state index in [4.69, 9.17) is 9.47 Å². The summed E-state index contributed by atoms with van der Waals surface area (Å²) >= 11 is 0. The summed E-state index contributed by atoms with van der Waals surface area (Å²) in [5, 5.41) is 0. The first kappa shape index (κ1) is 31.9. The molecule has 0 amide bonds. The van der Waals surface area contributed by atoms with Gasteiger partial charge in [0.25, 0.3) is 0 Å². The van der Waals surface area contributed by atoms with Gasteiger partial charge in [0, 0.05) is 39.0 Å². The SMILES string of the molecule is CC1(C)C2=C(C=CCC2)c2ccc(N(c3cccc(-c4ccccc4)c3)c3cccc4c3Oc3ccccc3C43c4ccccc4Oc4ccccc43)cc21. The normalized spacial score (nSPS) is 16.1. The molecule has 0 fully saturated rings. The summed E-state index contributed by atoms with van der Waals surface area (Å²) in [5.41, 5.74) is 14.7. The molecule has 0 aromatic heterocycles. The van der Waals surface area contributed by atoms with Crippen LogP contribution in [0.2, 0.25) is 0 Å². The quantitative estimate of drug-likeness (QED) is 0.182. The topological polar surface area (TPSA) is 21.7 Å². The van der Waals surface area contributed by atoms with Crippen LogP contribution < -0.4 is 14.4 Å². The number of fused-ring (bicyclic) bond motifs is 10. The van der Waals surface area contributed by atoms with Crippen LogP contribution in [0.15, 0.2) is 182 Å². The average Bonchev–Trinajstić information content (AvgIpc) is 3.47. The van der Waals surface area contributed by atoms with Crippen molar-refractivity contribution in [1.82, 2.24) is 0 Å². The third-order valence-corrected chi connectivity index (χ3v) is 12.3. The molecule has 2 aliphatic heterocycles. The highest BCUT2D eigenvalue weighted by molar-refractivity contribution is 5.91. The molecule has 55 heavy (non-hydrogen) atoms. The van der Waals surface area contributed by atoms with E-state index in [-0.39, 0.29) is 5.41 Å². The average molecular weight is 710 g/mol. The lowest BCUT2D eigenvalue weighted by molar-refractivity contribution is 0.400. The lowest BCUT2D eigenvalue weighted by Crippen LogP contribution is -2.37. The summed E-state index contributed by atoms with van der Waals surface area (Å²) in [6.45, 7) is 4.79. The third kappa shape index (κ3) is 4.56. The van der Waals surface area contributed by atoms with Crippen LogP contribution in [0.3, 0.4) is 0 Å². The van der Waals surface area contributed by atoms with Crippen molar-refractivity contribution < 1.29 is 9.47 Å². The minimum Gasteiger partial charge on any atom is -0.457 e. The lowest BCUT2D eigenvalue weighted by atomic mass is 9.62. The first-order chi connectivity index (χ1) is 27.0. The molecule has 2 aliphatic carbocycles. The molecule has 0 N–H and O–H groups in total. The molecule has 3 heteroatoms. The fraction of sp³-hybridized carbons (Fsp3) is 0.115. The Balaban J connectivity index is 1.19. The van der Waals surface area contributed by atoms with Gasteiger partial charge in [0.15, 0.2) is 5.75 Å². The number of anilines is 3. The molecule has 11 rings (SSSR count). The van der Waals surface area contributed by atoms with Gasteiger partial charge in [0.05, 0.1) is 11.1 Å². The van der Waals surface area contributed by atoms with Crippen LogP contribution in [0.1, 0.15) is 60.1 Å². The summed E-state index contributed by atoms with van der Waals surface area (Å²) in [4.78, 5) is 2.41. The molecule has 0 radical (unpaired) electrons. The van der Waals surface area contributed by atoms with E-state index >= 15 is 0 Å². The maximum Gasteiger partial charge on any atom is 0.156 e. The van der Waals surface area contributed by atoms with Crippen molar-refractivity contribution >= 4 is 22.6 Å². The monoisotopic (exact) mass is 709 g/mol. The zero-order valence-corrected chi connectivity index (χ0v) is 30.9. The number of rotatable bonds is 4. The number of hydrogen-bond donors (Lipinski definition) is 0. The zero-order chi connectivity index (χ0) is 36.7. The van der Waals surface area contributed by atoms with E-state index < -0.39 is 5.41 Å². The maximum absolute atomic E-state index is 7.22. The molecule has 0 atom stereocenters.